The number of carbonyl (C=O) groups is 2. The van der Waals surface area contributed by atoms with Crippen molar-refractivity contribution in [2.45, 2.75) is 19.8 Å². The lowest BCUT2D eigenvalue weighted by Gasteiger charge is -2.18. The summed E-state index contributed by atoms with van der Waals surface area (Å²) in [5, 5.41) is 12.2. The normalized spacial score (nSPS) is 16.6. The van der Waals surface area contributed by atoms with E-state index < -0.39 is 5.92 Å². The molecule has 126 valence electrons. The number of nitrogens with zero attached hydrogens (tertiary/aromatic N) is 2. The quantitative estimate of drug-likeness (QED) is 0.934. The zero-order valence-corrected chi connectivity index (χ0v) is 14.0. The van der Waals surface area contributed by atoms with Crippen LogP contribution in [0.25, 0.3) is 0 Å². The van der Waals surface area contributed by atoms with E-state index in [2.05, 4.69) is 11.4 Å². The van der Waals surface area contributed by atoms with Crippen molar-refractivity contribution in [2.24, 2.45) is 5.92 Å². The first-order valence-corrected chi connectivity index (χ1v) is 8.32. The van der Waals surface area contributed by atoms with Crippen LogP contribution in [0.3, 0.4) is 0 Å². The third-order valence-electron chi connectivity index (χ3n) is 4.47. The summed E-state index contributed by atoms with van der Waals surface area (Å²) in [6.45, 7) is 2.32. The van der Waals surface area contributed by atoms with E-state index in [1.54, 1.807) is 24.3 Å². The van der Waals surface area contributed by atoms with Gasteiger partial charge < -0.3 is 10.2 Å². The van der Waals surface area contributed by atoms with Crippen molar-refractivity contribution in [1.29, 1.82) is 5.26 Å². The first kappa shape index (κ1) is 16.7. The average Bonchev–Trinajstić information content (AvgIpc) is 3.03. The Bertz CT molecular complexity index is 854. The van der Waals surface area contributed by atoms with Gasteiger partial charge in [-0.2, -0.15) is 5.26 Å². The average molecular weight is 333 g/mol. The number of hydrogen-bond donors (Lipinski definition) is 1. The molecule has 1 unspecified atom stereocenters. The Balaban J connectivity index is 1.76. The summed E-state index contributed by atoms with van der Waals surface area (Å²) >= 11 is 0. The van der Waals surface area contributed by atoms with Crippen molar-refractivity contribution in [2.75, 3.05) is 16.8 Å². The van der Waals surface area contributed by atoms with Crippen LogP contribution in [-0.4, -0.2) is 18.4 Å². The molecule has 1 heterocycles. The van der Waals surface area contributed by atoms with Crippen molar-refractivity contribution in [3.05, 3.63) is 59.7 Å². The van der Waals surface area contributed by atoms with Gasteiger partial charge >= 0.3 is 0 Å². The summed E-state index contributed by atoms with van der Waals surface area (Å²) in [6.07, 6.45) is 0.974. The number of anilines is 2. The van der Waals surface area contributed by atoms with Gasteiger partial charge in [-0.1, -0.05) is 37.3 Å². The lowest BCUT2D eigenvalue weighted by atomic mass is 10.1. The smallest absolute Gasteiger partial charge is 0.229 e. The molecule has 1 N–H and O–H groups in total. The van der Waals surface area contributed by atoms with Gasteiger partial charge in [0.25, 0.3) is 0 Å². The Morgan fingerprint density at radius 1 is 1.24 bits per heavy atom. The number of amides is 2. The highest BCUT2D eigenvalue weighted by Gasteiger charge is 2.36. The molecule has 2 aromatic rings. The molecule has 5 nitrogen and oxygen atoms in total. The fraction of sp³-hybridized carbons (Fsp3) is 0.250. The Morgan fingerprint density at radius 3 is 2.72 bits per heavy atom. The molecule has 3 rings (SSSR count). The minimum absolute atomic E-state index is 0.133. The molecule has 1 atom stereocenters. The van der Waals surface area contributed by atoms with Crippen LogP contribution < -0.4 is 10.2 Å². The molecule has 0 saturated carbocycles. The maximum absolute atomic E-state index is 12.6. The van der Waals surface area contributed by atoms with Gasteiger partial charge in [-0.15, -0.1) is 0 Å². The van der Waals surface area contributed by atoms with E-state index in [0.717, 1.165) is 17.7 Å². The molecule has 0 aromatic heterocycles. The summed E-state index contributed by atoms with van der Waals surface area (Å²) in [5.74, 6) is -0.720. The Kier molecular flexibility index (Phi) is 4.80. The van der Waals surface area contributed by atoms with E-state index in [0.29, 0.717) is 11.3 Å². The molecule has 0 bridgehead atoms. The molecule has 5 heteroatoms. The highest BCUT2D eigenvalue weighted by Crippen LogP contribution is 2.28. The van der Waals surface area contributed by atoms with Crippen LogP contribution in [0, 0.1) is 17.2 Å². The number of rotatable bonds is 4. The summed E-state index contributed by atoms with van der Waals surface area (Å²) in [5.41, 5.74) is 2.86. The molecule has 0 spiro atoms. The second-order valence-electron chi connectivity index (χ2n) is 6.03. The van der Waals surface area contributed by atoms with Crippen molar-refractivity contribution in [3.8, 4) is 6.07 Å². The third-order valence-corrected chi connectivity index (χ3v) is 4.47. The van der Waals surface area contributed by atoms with Crippen LogP contribution in [0.1, 0.15) is 24.5 Å². The van der Waals surface area contributed by atoms with Crippen molar-refractivity contribution >= 4 is 23.2 Å². The first-order chi connectivity index (χ1) is 12.1. The van der Waals surface area contributed by atoms with Gasteiger partial charge in [0.05, 0.1) is 17.2 Å². The summed E-state index contributed by atoms with van der Waals surface area (Å²) in [4.78, 5) is 26.5. The Hall–Kier alpha value is -3.13. The topological polar surface area (TPSA) is 73.2 Å². The lowest BCUT2D eigenvalue weighted by Crippen LogP contribution is -2.28. The first-order valence-electron chi connectivity index (χ1n) is 8.32. The SMILES string of the molecule is CCc1ccccc1NC(=O)C1CC(=O)N(c2ccccc2C#N)C1. The van der Waals surface area contributed by atoms with Gasteiger partial charge in [-0.25, -0.2) is 0 Å². The molecule has 25 heavy (non-hydrogen) atoms. The molecule has 1 saturated heterocycles. The van der Waals surface area contributed by atoms with Crippen LogP contribution in [-0.2, 0) is 16.0 Å². The minimum Gasteiger partial charge on any atom is -0.326 e. The number of hydrogen-bond acceptors (Lipinski definition) is 3. The molecule has 1 aliphatic heterocycles. The van der Waals surface area contributed by atoms with Crippen molar-refractivity contribution in [3.63, 3.8) is 0 Å². The summed E-state index contributed by atoms with van der Waals surface area (Å²) < 4.78 is 0. The van der Waals surface area contributed by atoms with Crippen LogP contribution >= 0.6 is 0 Å². The highest BCUT2D eigenvalue weighted by atomic mass is 16.2. The molecule has 2 amide bonds. The number of benzene rings is 2. The fourth-order valence-corrected chi connectivity index (χ4v) is 3.10. The minimum atomic E-state index is -0.427. The van der Waals surface area contributed by atoms with Gasteiger partial charge in [0.1, 0.15) is 6.07 Å². The van der Waals surface area contributed by atoms with Crippen LogP contribution in [0.5, 0.6) is 0 Å². The standard InChI is InChI=1S/C20H19N3O2/c1-2-14-7-3-5-9-17(14)22-20(25)16-11-19(24)23(13-16)18-10-6-4-8-15(18)12-21/h3-10,16H,2,11,13H2,1H3,(H,22,25). The Morgan fingerprint density at radius 2 is 1.96 bits per heavy atom. The third kappa shape index (κ3) is 3.38. The van der Waals surface area contributed by atoms with E-state index in [4.69, 9.17) is 0 Å². The van der Waals surface area contributed by atoms with E-state index >= 15 is 0 Å². The molecule has 2 aromatic carbocycles. The largest absolute Gasteiger partial charge is 0.326 e. The molecular weight excluding hydrogens is 314 g/mol. The van der Waals surface area contributed by atoms with Crippen LogP contribution in [0.2, 0.25) is 0 Å². The van der Waals surface area contributed by atoms with E-state index in [-0.39, 0.29) is 24.8 Å². The number of nitrogens with one attached hydrogen (secondary N) is 1. The number of para-hydroxylation sites is 2. The summed E-state index contributed by atoms with van der Waals surface area (Å²) in [6, 6.07) is 16.7. The zero-order chi connectivity index (χ0) is 17.8. The number of carbonyl (C=O) groups excluding carboxylic acids is 2. The van der Waals surface area contributed by atoms with E-state index in [9.17, 15) is 14.9 Å². The molecular formula is C20H19N3O2. The monoisotopic (exact) mass is 333 g/mol. The van der Waals surface area contributed by atoms with E-state index in [1.807, 2.05) is 31.2 Å². The number of aryl methyl sites for hydroxylation is 1. The number of nitriles is 1. The fourth-order valence-electron chi connectivity index (χ4n) is 3.10. The van der Waals surface area contributed by atoms with Crippen LogP contribution in [0.15, 0.2) is 48.5 Å². The molecule has 1 aliphatic rings. The molecule has 0 radical (unpaired) electrons. The predicted molar refractivity (Wildman–Crippen MR) is 96.1 cm³/mol. The maximum atomic E-state index is 12.6. The van der Waals surface area contributed by atoms with Crippen molar-refractivity contribution in [1.82, 2.24) is 0 Å². The van der Waals surface area contributed by atoms with Gasteiger partial charge in [0.15, 0.2) is 0 Å². The lowest BCUT2D eigenvalue weighted by molar-refractivity contribution is -0.122. The predicted octanol–water partition coefficient (Wildman–Crippen LogP) is 3.11. The van der Waals surface area contributed by atoms with Crippen LogP contribution in [0.4, 0.5) is 11.4 Å². The van der Waals surface area contributed by atoms with Gasteiger partial charge in [-0.3, -0.25) is 9.59 Å². The van der Waals surface area contributed by atoms with Crippen molar-refractivity contribution < 1.29 is 9.59 Å². The van der Waals surface area contributed by atoms with Gasteiger partial charge in [0, 0.05) is 18.7 Å². The second-order valence-corrected chi connectivity index (χ2v) is 6.03. The molecule has 1 fully saturated rings. The highest BCUT2D eigenvalue weighted by molar-refractivity contribution is 6.04. The summed E-state index contributed by atoms with van der Waals surface area (Å²) in [7, 11) is 0. The molecule has 0 aliphatic carbocycles. The van der Waals surface area contributed by atoms with Gasteiger partial charge in [0.2, 0.25) is 11.8 Å². The van der Waals surface area contributed by atoms with E-state index in [1.165, 1.54) is 4.90 Å². The maximum Gasteiger partial charge on any atom is 0.229 e. The second kappa shape index (κ2) is 7.18. The zero-order valence-electron chi connectivity index (χ0n) is 14.0. The van der Waals surface area contributed by atoms with Gasteiger partial charge in [-0.05, 0) is 30.2 Å². The Labute approximate surface area is 146 Å².